The first kappa shape index (κ1) is 23.5. The highest BCUT2D eigenvalue weighted by Gasteiger charge is 2.33. The molecule has 2 saturated heterocycles. The van der Waals surface area contributed by atoms with Crippen molar-refractivity contribution in [1.29, 1.82) is 0 Å². The zero-order valence-electron chi connectivity index (χ0n) is 20.2. The van der Waals surface area contributed by atoms with E-state index in [1.807, 2.05) is 0 Å². The van der Waals surface area contributed by atoms with Gasteiger partial charge in [0.15, 0.2) is 11.5 Å². The van der Waals surface area contributed by atoms with Crippen LogP contribution in [0, 0.1) is 5.92 Å². The molecular weight excluding hydrogens is 446 g/mol. The van der Waals surface area contributed by atoms with Gasteiger partial charge in [-0.25, -0.2) is 0 Å². The average Bonchev–Trinajstić information content (AvgIpc) is 2.91. The van der Waals surface area contributed by atoms with Crippen LogP contribution in [0.1, 0.15) is 52.8 Å². The molecule has 0 bridgehead atoms. The van der Waals surface area contributed by atoms with Crippen molar-refractivity contribution in [2.24, 2.45) is 5.92 Å². The number of carbonyl (C=O) groups excluding carboxylic acids is 2. The fraction of sp³-hybridized carbons (Fsp3) is 0.481. The molecule has 0 saturated carbocycles. The Kier molecular flexibility index (Phi) is 7.08. The lowest BCUT2D eigenvalue weighted by Crippen LogP contribution is -2.51. The number of piperidine rings is 2. The Morgan fingerprint density at radius 2 is 1.77 bits per heavy atom. The second-order valence-corrected chi connectivity index (χ2v) is 9.45. The van der Waals surface area contributed by atoms with Gasteiger partial charge < -0.3 is 29.7 Å². The maximum absolute atomic E-state index is 12.8. The van der Waals surface area contributed by atoms with Gasteiger partial charge in [-0.15, -0.1) is 0 Å². The first-order chi connectivity index (χ1) is 17.1. The number of amides is 2. The van der Waals surface area contributed by atoms with E-state index in [-0.39, 0.29) is 11.8 Å². The highest BCUT2D eigenvalue weighted by molar-refractivity contribution is 6.05. The highest BCUT2D eigenvalue weighted by atomic mass is 16.6. The van der Waals surface area contributed by atoms with Crippen LogP contribution in [0.15, 0.2) is 36.4 Å². The molecular formula is C27H33N3O5. The van der Waals surface area contributed by atoms with Crippen LogP contribution in [0.2, 0.25) is 0 Å². The van der Waals surface area contributed by atoms with Crippen molar-refractivity contribution < 1.29 is 23.8 Å². The molecule has 0 radical (unpaired) electrons. The van der Waals surface area contributed by atoms with Crippen LogP contribution in [0.3, 0.4) is 0 Å². The van der Waals surface area contributed by atoms with Gasteiger partial charge in [-0.1, -0.05) is 6.42 Å². The topological polar surface area (TPSA) is 89.1 Å². The van der Waals surface area contributed by atoms with Gasteiger partial charge in [0.05, 0.1) is 7.11 Å². The molecule has 3 aliphatic heterocycles. The maximum Gasteiger partial charge on any atom is 0.255 e. The Labute approximate surface area is 205 Å². The minimum Gasteiger partial charge on any atom is -0.493 e. The highest BCUT2D eigenvalue weighted by Crippen LogP contribution is 2.40. The van der Waals surface area contributed by atoms with Crippen molar-refractivity contribution in [2.45, 2.75) is 38.1 Å². The minimum absolute atomic E-state index is 0.0765. The first-order valence-electron chi connectivity index (χ1n) is 12.5. The Bertz CT molecular complexity index is 1050. The molecule has 2 N–H and O–H groups in total. The maximum atomic E-state index is 12.8. The van der Waals surface area contributed by atoms with Crippen LogP contribution in [0.4, 0.5) is 5.69 Å². The van der Waals surface area contributed by atoms with Crippen LogP contribution in [0.5, 0.6) is 17.2 Å². The first-order valence-corrected chi connectivity index (χ1v) is 12.5. The zero-order valence-corrected chi connectivity index (χ0v) is 20.2. The van der Waals surface area contributed by atoms with Gasteiger partial charge in [0.25, 0.3) is 11.8 Å². The Morgan fingerprint density at radius 3 is 2.60 bits per heavy atom. The van der Waals surface area contributed by atoms with Gasteiger partial charge in [0.2, 0.25) is 5.75 Å². The summed E-state index contributed by atoms with van der Waals surface area (Å²) in [6.45, 7) is 3.96. The van der Waals surface area contributed by atoms with E-state index in [9.17, 15) is 9.59 Å². The normalized spacial score (nSPS) is 21.5. The molecule has 0 aromatic heterocycles. The molecule has 8 heteroatoms. The third kappa shape index (κ3) is 5.22. The van der Waals surface area contributed by atoms with E-state index in [4.69, 9.17) is 14.2 Å². The predicted molar refractivity (Wildman–Crippen MR) is 133 cm³/mol. The monoisotopic (exact) mass is 479 g/mol. The molecule has 0 spiro atoms. The summed E-state index contributed by atoms with van der Waals surface area (Å²) in [6, 6.07) is 10.8. The summed E-state index contributed by atoms with van der Waals surface area (Å²) in [7, 11) is 1.53. The molecule has 2 amide bonds. The lowest BCUT2D eigenvalue weighted by Gasteiger charge is -2.44. The number of ether oxygens (including phenoxy) is 3. The van der Waals surface area contributed by atoms with Crippen molar-refractivity contribution >= 4 is 17.5 Å². The molecule has 2 aromatic carbocycles. The number of hydrogen-bond donors (Lipinski definition) is 2. The van der Waals surface area contributed by atoms with Gasteiger partial charge in [0.1, 0.15) is 13.2 Å². The molecule has 5 rings (SSSR count). The summed E-state index contributed by atoms with van der Waals surface area (Å²) >= 11 is 0. The van der Waals surface area contributed by atoms with Crippen LogP contribution in [-0.4, -0.2) is 62.7 Å². The predicted octanol–water partition coefficient (Wildman–Crippen LogP) is 3.71. The van der Waals surface area contributed by atoms with E-state index < -0.39 is 0 Å². The van der Waals surface area contributed by atoms with Crippen LogP contribution in [-0.2, 0) is 0 Å². The van der Waals surface area contributed by atoms with Gasteiger partial charge in [-0.05, 0) is 81.1 Å². The second-order valence-electron chi connectivity index (χ2n) is 9.45. The quantitative estimate of drug-likeness (QED) is 0.657. The molecule has 0 aliphatic carbocycles. The van der Waals surface area contributed by atoms with E-state index in [1.54, 1.807) is 36.4 Å². The summed E-state index contributed by atoms with van der Waals surface area (Å²) in [5, 5.41) is 6.01. The van der Waals surface area contributed by atoms with Gasteiger partial charge in [0, 0.05) is 29.4 Å². The van der Waals surface area contributed by atoms with E-state index in [2.05, 4.69) is 15.5 Å². The number of nitrogens with one attached hydrogen (secondary N) is 2. The Balaban J connectivity index is 1.18. The number of nitrogens with zero attached hydrogens (tertiary/aromatic N) is 1. The minimum atomic E-state index is -0.299. The van der Waals surface area contributed by atoms with E-state index >= 15 is 0 Å². The summed E-state index contributed by atoms with van der Waals surface area (Å²) in [4.78, 5) is 28.2. The number of fused-ring (bicyclic) bond motifs is 2. The van der Waals surface area contributed by atoms with Crippen molar-refractivity contribution in [2.75, 3.05) is 45.3 Å². The molecule has 8 nitrogen and oxygen atoms in total. The summed E-state index contributed by atoms with van der Waals surface area (Å²) in [5.41, 5.74) is 1.59. The van der Waals surface area contributed by atoms with Crippen LogP contribution >= 0.6 is 0 Å². The van der Waals surface area contributed by atoms with Crippen LogP contribution in [0.25, 0.3) is 0 Å². The standard InChI is InChI=1S/C27H33N3O5/c1-33-23-15-20(16-24-25(23)35-14-13-34-24)27(32)29-21-9-7-18(8-10-21)26(31)28-17-19-5-4-12-30-11-3-2-6-22(19)30/h7-10,15-16,19,22H,2-6,11-14,17H2,1H3,(H,28,31)(H,29,32). The molecule has 2 atom stereocenters. The van der Waals surface area contributed by atoms with E-state index in [0.29, 0.717) is 65.8 Å². The van der Waals surface area contributed by atoms with Gasteiger partial charge >= 0.3 is 0 Å². The van der Waals surface area contributed by atoms with E-state index in [1.165, 1.54) is 52.3 Å². The van der Waals surface area contributed by atoms with E-state index in [0.717, 1.165) is 0 Å². The molecule has 3 aliphatic rings. The smallest absolute Gasteiger partial charge is 0.255 e. The molecule has 186 valence electrons. The zero-order chi connectivity index (χ0) is 24.2. The Morgan fingerprint density at radius 1 is 0.971 bits per heavy atom. The number of methoxy groups -OCH3 is 1. The summed E-state index contributed by atoms with van der Waals surface area (Å²) in [5.74, 6) is 1.60. The number of rotatable bonds is 6. The number of anilines is 1. The molecule has 2 fully saturated rings. The van der Waals surface area contributed by atoms with Gasteiger partial charge in [-0.3, -0.25) is 9.59 Å². The fourth-order valence-corrected chi connectivity index (χ4v) is 5.45. The average molecular weight is 480 g/mol. The molecule has 2 unspecified atom stereocenters. The Hall–Kier alpha value is -3.26. The lowest BCUT2D eigenvalue weighted by molar-refractivity contribution is 0.0575. The largest absolute Gasteiger partial charge is 0.493 e. The fourth-order valence-electron chi connectivity index (χ4n) is 5.45. The van der Waals surface area contributed by atoms with Crippen molar-refractivity contribution in [3.63, 3.8) is 0 Å². The van der Waals surface area contributed by atoms with Crippen LogP contribution < -0.4 is 24.8 Å². The lowest BCUT2D eigenvalue weighted by atomic mass is 9.83. The summed E-state index contributed by atoms with van der Waals surface area (Å²) in [6.07, 6.45) is 6.21. The third-order valence-electron chi connectivity index (χ3n) is 7.25. The summed E-state index contributed by atoms with van der Waals surface area (Å²) < 4.78 is 16.6. The van der Waals surface area contributed by atoms with Crippen molar-refractivity contribution in [3.8, 4) is 17.2 Å². The van der Waals surface area contributed by atoms with Crippen molar-refractivity contribution in [1.82, 2.24) is 10.2 Å². The number of benzene rings is 2. The molecule has 3 heterocycles. The number of hydrogen-bond acceptors (Lipinski definition) is 6. The second kappa shape index (κ2) is 10.6. The number of carbonyl (C=O) groups is 2. The van der Waals surface area contributed by atoms with Gasteiger partial charge in [-0.2, -0.15) is 0 Å². The third-order valence-corrected chi connectivity index (χ3v) is 7.25. The molecule has 2 aromatic rings. The SMILES string of the molecule is COc1cc(C(=O)Nc2ccc(C(=O)NCC3CCCN4CCCCC34)cc2)cc2c1OCCO2. The van der Waals surface area contributed by atoms with Crippen molar-refractivity contribution in [3.05, 3.63) is 47.5 Å². The molecule has 35 heavy (non-hydrogen) atoms.